The van der Waals surface area contributed by atoms with Gasteiger partial charge in [0, 0.05) is 37.5 Å². The second-order valence-corrected chi connectivity index (χ2v) is 6.43. The van der Waals surface area contributed by atoms with Crippen molar-refractivity contribution in [2.24, 2.45) is 18.9 Å². The van der Waals surface area contributed by atoms with Crippen molar-refractivity contribution in [2.45, 2.75) is 32.8 Å². The Hall–Kier alpha value is -1.62. The molecule has 1 aliphatic heterocycles. The first-order chi connectivity index (χ1) is 9.95. The molecule has 5 heteroatoms. The number of fused-ring (bicyclic) bond motifs is 1. The van der Waals surface area contributed by atoms with E-state index in [9.17, 15) is 9.90 Å². The van der Waals surface area contributed by atoms with E-state index < -0.39 is 0 Å². The predicted molar refractivity (Wildman–Crippen MR) is 80.5 cm³/mol. The van der Waals surface area contributed by atoms with Gasteiger partial charge in [-0.05, 0) is 44.6 Å². The van der Waals surface area contributed by atoms with Crippen LogP contribution in [0.3, 0.4) is 0 Å². The minimum Gasteiger partial charge on any atom is -0.393 e. The molecule has 114 valence electrons. The Morgan fingerprint density at radius 3 is 2.43 bits per heavy atom. The summed E-state index contributed by atoms with van der Waals surface area (Å²) in [6.07, 6.45) is 5.07. The Kier molecular flexibility index (Phi) is 3.61. The Bertz CT molecular complexity index is 577. The van der Waals surface area contributed by atoms with E-state index in [1.807, 2.05) is 36.6 Å². The van der Waals surface area contributed by atoms with Crippen molar-refractivity contribution in [3.05, 3.63) is 23.0 Å². The number of hydrogen-bond donors (Lipinski definition) is 1. The fourth-order valence-electron chi connectivity index (χ4n) is 3.74. The molecule has 1 aliphatic carbocycles. The van der Waals surface area contributed by atoms with Gasteiger partial charge in [-0.3, -0.25) is 9.48 Å². The SMILES string of the molecule is Cc1nn(C)c(C)c1/C=C/C(=O)N1C[C@H]2CC(O)C[C@H]2C1. The average molecular weight is 289 g/mol. The average Bonchev–Trinajstić information content (AvgIpc) is 3.01. The van der Waals surface area contributed by atoms with Crippen LogP contribution in [0.15, 0.2) is 6.08 Å². The van der Waals surface area contributed by atoms with E-state index >= 15 is 0 Å². The van der Waals surface area contributed by atoms with Crippen LogP contribution in [0.4, 0.5) is 0 Å². The summed E-state index contributed by atoms with van der Waals surface area (Å²) in [4.78, 5) is 14.2. The molecule has 2 aliphatic rings. The summed E-state index contributed by atoms with van der Waals surface area (Å²) < 4.78 is 1.83. The van der Waals surface area contributed by atoms with Crippen LogP contribution in [0, 0.1) is 25.7 Å². The highest BCUT2D eigenvalue weighted by Gasteiger charge is 2.41. The summed E-state index contributed by atoms with van der Waals surface area (Å²) in [5.74, 6) is 1.04. The number of amides is 1. The monoisotopic (exact) mass is 289 g/mol. The van der Waals surface area contributed by atoms with Gasteiger partial charge >= 0.3 is 0 Å². The first-order valence-electron chi connectivity index (χ1n) is 7.61. The van der Waals surface area contributed by atoms with Crippen molar-refractivity contribution >= 4 is 12.0 Å². The Labute approximate surface area is 125 Å². The van der Waals surface area contributed by atoms with Crippen LogP contribution < -0.4 is 0 Å². The second kappa shape index (κ2) is 5.30. The summed E-state index contributed by atoms with van der Waals surface area (Å²) in [6, 6.07) is 0. The molecule has 2 fully saturated rings. The number of aromatic nitrogens is 2. The van der Waals surface area contributed by atoms with Crippen LogP contribution >= 0.6 is 0 Å². The number of likely N-dealkylation sites (tertiary alicyclic amines) is 1. The van der Waals surface area contributed by atoms with Crippen LogP contribution in [0.25, 0.3) is 6.08 Å². The normalized spacial score (nSPS) is 28.6. The van der Waals surface area contributed by atoms with Gasteiger partial charge in [0.15, 0.2) is 0 Å². The van der Waals surface area contributed by atoms with Gasteiger partial charge in [-0.15, -0.1) is 0 Å². The number of aliphatic hydroxyl groups excluding tert-OH is 1. The number of rotatable bonds is 2. The fraction of sp³-hybridized carbons (Fsp3) is 0.625. The summed E-state index contributed by atoms with van der Waals surface area (Å²) in [6.45, 7) is 5.54. The smallest absolute Gasteiger partial charge is 0.246 e. The first-order valence-corrected chi connectivity index (χ1v) is 7.61. The third-order valence-electron chi connectivity index (χ3n) is 5.00. The summed E-state index contributed by atoms with van der Waals surface area (Å²) in [7, 11) is 1.91. The maximum absolute atomic E-state index is 12.3. The van der Waals surface area contributed by atoms with E-state index in [1.54, 1.807) is 6.08 Å². The van der Waals surface area contributed by atoms with Crippen molar-refractivity contribution < 1.29 is 9.90 Å². The molecule has 21 heavy (non-hydrogen) atoms. The van der Waals surface area contributed by atoms with Gasteiger partial charge in [-0.1, -0.05) is 0 Å². The highest BCUT2D eigenvalue weighted by Crippen LogP contribution is 2.38. The lowest BCUT2D eigenvalue weighted by molar-refractivity contribution is -0.125. The molecule has 3 atom stereocenters. The first kappa shape index (κ1) is 14.3. The van der Waals surface area contributed by atoms with Gasteiger partial charge in [-0.2, -0.15) is 5.10 Å². The maximum Gasteiger partial charge on any atom is 0.246 e. The largest absolute Gasteiger partial charge is 0.393 e. The lowest BCUT2D eigenvalue weighted by atomic mass is 10.0. The summed E-state index contributed by atoms with van der Waals surface area (Å²) >= 11 is 0. The zero-order valence-corrected chi connectivity index (χ0v) is 12.9. The van der Waals surface area contributed by atoms with E-state index in [-0.39, 0.29) is 12.0 Å². The van der Waals surface area contributed by atoms with Crippen molar-refractivity contribution in [1.82, 2.24) is 14.7 Å². The van der Waals surface area contributed by atoms with Crippen molar-refractivity contribution in [3.63, 3.8) is 0 Å². The number of carbonyl (C=O) groups excluding carboxylic acids is 1. The van der Waals surface area contributed by atoms with Gasteiger partial charge in [0.2, 0.25) is 5.91 Å². The predicted octanol–water partition coefficient (Wildman–Crippen LogP) is 1.28. The number of carbonyl (C=O) groups is 1. The van der Waals surface area contributed by atoms with E-state index in [0.717, 1.165) is 42.9 Å². The third kappa shape index (κ3) is 2.62. The van der Waals surface area contributed by atoms with Crippen LogP contribution in [-0.4, -0.2) is 44.9 Å². The fourth-order valence-corrected chi connectivity index (χ4v) is 3.74. The maximum atomic E-state index is 12.3. The molecule has 1 amide bonds. The molecule has 0 bridgehead atoms. The zero-order chi connectivity index (χ0) is 15.1. The van der Waals surface area contributed by atoms with Crippen LogP contribution in [-0.2, 0) is 11.8 Å². The van der Waals surface area contributed by atoms with Gasteiger partial charge in [0.05, 0.1) is 11.8 Å². The van der Waals surface area contributed by atoms with Crippen LogP contribution in [0.2, 0.25) is 0 Å². The molecule has 1 saturated carbocycles. The zero-order valence-electron chi connectivity index (χ0n) is 12.9. The van der Waals surface area contributed by atoms with E-state index in [0.29, 0.717) is 11.8 Å². The van der Waals surface area contributed by atoms with E-state index in [2.05, 4.69) is 5.10 Å². The molecule has 1 N–H and O–H groups in total. The molecule has 0 aromatic carbocycles. The van der Waals surface area contributed by atoms with Gasteiger partial charge < -0.3 is 10.0 Å². The number of hydrogen-bond acceptors (Lipinski definition) is 3. The Balaban J connectivity index is 1.66. The van der Waals surface area contributed by atoms with E-state index in [1.165, 1.54) is 0 Å². The highest BCUT2D eigenvalue weighted by molar-refractivity contribution is 5.92. The highest BCUT2D eigenvalue weighted by atomic mass is 16.3. The molecule has 1 aromatic rings. The molecule has 1 unspecified atom stereocenters. The topological polar surface area (TPSA) is 58.4 Å². The van der Waals surface area contributed by atoms with E-state index in [4.69, 9.17) is 0 Å². The Morgan fingerprint density at radius 2 is 1.90 bits per heavy atom. The standard InChI is InChI=1S/C16H23N3O2/c1-10-15(11(2)18(3)17-10)4-5-16(21)19-8-12-6-14(20)7-13(12)9-19/h4-5,12-14,20H,6-9H2,1-3H3/b5-4+/t12-,13+,14?. The third-order valence-corrected chi connectivity index (χ3v) is 5.00. The second-order valence-electron chi connectivity index (χ2n) is 6.43. The van der Waals surface area contributed by atoms with Gasteiger partial charge in [0.1, 0.15) is 0 Å². The minimum atomic E-state index is -0.159. The molecular weight excluding hydrogens is 266 g/mol. The molecule has 2 heterocycles. The van der Waals surface area contributed by atoms with Crippen molar-refractivity contribution in [1.29, 1.82) is 0 Å². The molecule has 0 spiro atoms. The molecule has 5 nitrogen and oxygen atoms in total. The molecule has 3 rings (SSSR count). The quantitative estimate of drug-likeness (QED) is 0.834. The minimum absolute atomic E-state index is 0.0709. The summed E-state index contributed by atoms with van der Waals surface area (Å²) in [5, 5.41) is 14.0. The van der Waals surface area contributed by atoms with Crippen molar-refractivity contribution in [3.8, 4) is 0 Å². The number of aryl methyl sites for hydroxylation is 2. The number of aliphatic hydroxyl groups is 1. The molecule has 1 aromatic heterocycles. The van der Waals surface area contributed by atoms with Gasteiger partial charge in [-0.25, -0.2) is 0 Å². The van der Waals surface area contributed by atoms with Gasteiger partial charge in [0.25, 0.3) is 0 Å². The van der Waals surface area contributed by atoms with Crippen LogP contribution in [0.1, 0.15) is 29.8 Å². The lowest BCUT2D eigenvalue weighted by Gasteiger charge is -2.15. The van der Waals surface area contributed by atoms with Crippen LogP contribution in [0.5, 0.6) is 0 Å². The molecule has 1 saturated heterocycles. The van der Waals surface area contributed by atoms with Crippen molar-refractivity contribution in [2.75, 3.05) is 13.1 Å². The molecule has 0 radical (unpaired) electrons. The lowest BCUT2D eigenvalue weighted by Crippen LogP contribution is -2.28. The number of nitrogens with zero attached hydrogens (tertiary/aromatic N) is 3. The summed E-state index contributed by atoms with van der Waals surface area (Å²) in [5.41, 5.74) is 3.04. The molecular formula is C16H23N3O2. The Morgan fingerprint density at radius 1 is 1.29 bits per heavy atom.